The zero-order valence-corrected chi connectivity index (χ0v) is 9.10. The third kappa shape index (κ3) is 2.89. The van der Waals surface area contributed by atoms with Crippen LogP contribution in [0.15, 0.2) is 0 Å². The lowest BCUT2D eigenvalue weighted by molar-refractivity contribution is -0.167. The molecule has 0 bridgehead atoms. The second kappa shape index (κ2) is 4.04. The quantitative estimate of drug-likeness (QED) is 0.800. The van der Waals surface area contributed by atoms with E-state index < -0.39 is 27.8 Å². The number of hydrogen-bond donors (Lipinski definition) is 1. The molecule has 84 valence electrons. The third-order valence-corrected chi connectivity index (χ3v) is 2.38. The van der Waals surface area contributed by atoms with Gasteiger partial charge in [-0.15, -0.1) is 0 Å². The minimum absolute atomic E-state index is 0.854. The lowest BCUT2D eigenvalue weighted by atomic mass is 9.99. The molecule has 8 heteroatoms. The fraction of sp³-hybridized carbons (Fsp3) is 0.833. The molecule has 0 spiro atoms. The molecule has 0 unspecified atom stereocenters. The van der Waals surface area contributed by atoms with Crippen molar-refractivity contribution in [3.8, 4) is 0 Å². The maximum atomic E-state index is 12.9. The number of ketones is 1. The Balaban J connectivity index is 5.18. The molecule has 0 rings (SSSR count). The molecular weight excluding hydrogens is 267 g/mol. The monoisotopic (exact) mass is 272 g/mol. The van der Waals surface area contributed by atoms with Crippen molar-refractivity contribution >= 4 is 40.6 Å². The highest BCUT2D eigenvalue weighted by atomic mass is 35.5. The topological polar surface area (TPSA) is 37.3 Å². The van der Waals surface area contributed by atoms with Crippen LogP contribution in [0.4, 0.5) is 13.2 Å². The number of Topliss-reactive ketones (excluding diaryl/α,β-unsaturated/α-hetero) is 1. The largest absolute Gasteiger partial charge is 0.377 e. The summed E-state index contributed by atoms with van der Waals surface area (Å²) < 4.78 is 34.3. The lowest BCUT2D eigenvalue weighted by Crippen LogP contribution is -2.56. The van der Waals surface area contributed by atoms with Crippen LogP contribution in [-0.2, 0) is 4.79 Å². The predicted molar refractivity (Wildman–Crippen MR) is 46.6 cm³/mol. The maximum absolute atomic E-state index is 12.9. The minimum Gasteiger partial charge on any atom is -0.377 e. The van der Waals surface area contributed by atoms with Gasteiger partial charge in [0, 0.05) is 6.42 Å². The molecule has 0 aliphatic rings. The number of hydrogen-bond acceptors (Lipinski definition) is 2. The van der Waals surface area contributed by atoms with E-state index in [9.17, 15) is 18.0 Å². The highest BCUT2D eigenvalue weighted by molar-refractivity contribution is 6.48. The summed E-state index contributed by atoms with van der Waals surface area (Å²) in [6.07, 6.45) is -1.30. The molecule has 0 amide bonds. The van der Waals surface area contributed by atoms with Crippen LogP contribution in [0, 0.1) is 0 Å². The van der Waals surface area contributed by atoms with Gasteiger partial charge in [0.2, 0.25) is 5.60 Å². The lowest BCUT2D eigenvalue weighted by Gasteiger charge is -2.35. The summed E-state index contributed by atoms with van der Waals surface area (Å²) in [5, 5.41) is 4.65. The molecule has 0 heterocycles. The summed E-state index contributed by atoms with van der Waals surface area (Å²) in [4.78, 5) is 10.5. The second-order valence-corrected chi connectivity index (χ2v) is 4.44. The first kappa shape index (κ1) is 14.3. The van der Waals surface area contributed by atoms with Crippen LogP contribution in [0.1, 0.15) is 13.3 Å². The van der Waals surface area contributed by atoms with Crippen molar-refractivity contribution in [2.75, 3.05) is 0 Å². The van der Waals surface area contributed by atoms with Crippen molar-refractivity contribution in [3.05, 3.63) is 0 Å². The van der Waals surface area contributed by atoms with Gasteiger partial charge in [0.1, 0.15) is 5.78 Å². The van der Waals surface area contributed by atoms with E-state index in [-0.39, 0.29) is 0 Å². The van der Waals surface area contributed by atoms with E-state index >= 15 is 0 Å². The Bertz CT molecular complexity index is 219. The summed E-state index contributed by atoms with van der Waals surface area (Å²) in [6.45, 7) is 0.854. The SMILES string of the molecule is CC(=O)C[C@@](O)(C(F)(F)Cl)C(F)(Cl)Cl. The summed E-state index contributed by atoms with van der Waals surface area (Å²) in [7, 11) is 0. The van der Waals surface area contributed by atoms with E-state index in [1.54, 1.807) is 0 Å². The van der Waals surface area contributed by atoms with Gasteiger partial charge in [-0.05, 0) is 18.5 Å². The number of alkyl halides is 6. The van der Waals surface area contributed by atoms with Gasteiger partial charge in [-0.25, -0.2) is 4.39 Å². The van der Waals surface area contributed by atoms with Crippen molar-refractivity contribution in [2.45, 2.75) is 28.9 Å². The summed E-state index contributed by atoms with van der Waals surface area (Å²) in [5.41, 5.74) is -3.66. The molecule has 0 saturated carbocycles. The summed E-state index contributed by atoms with van der Waals surface area (Å²) >= 11 is 13.8. The minimum atomic E-state index is -4.46. The van der Waals surface area contributed by atoms with Gasteiger partial charge >= 0.3 is 5.38 Å². The van der Waals surface area contributed by atoms with Gasteiger partial charge in [-0.1, -0.05) is 23.2 Å². The fourth-order valence-electron chi connectivity index (χ4n) is 0.721. The van der Waals surface area contributed by atoms with E-state index in [0.717, 1.165) is 6.92 Å². The van der Waals surface area contributed by atoms with Crippen molar-refractivity contribution < 1.29 is 23.1 Å². The zero-order valence-electron chi connectivity index (χ0n) is 6.83. The first-order valence-corrected chi connectivity index (χ1v) is 4.40. The van der Waals surface area contributed by atoms with Gasteiger partial charge < -0.3 is 5.11 Å². The Labute approximate surface area is 92.9 Å². The van der Waals surface area contributed by atoms with Crippen LogP contribution >= 0.6 is 34.8 Å². The van der Waals surface area contributed by atoms with Crippen molar-refractivity contribution in [2.24, 2.45) is 0 Å². The van der Waals surface area contributed by atoms with Crippen LogP contribution in [0.5, 0.6) is 0 Å². The molecule has 2 nitrogen and oxygen atoms in total. The van der Waals surface area contributed by atoms with E-state index in [4.69, 9.17) is 28.3 Å². The normalized spacial score (nSPS) is 17.7. The van der Waals surface area contributed by atoms with Gasteiger partial charge in [0.25, 0.3) is 4.59 Å². The molecule has 0 aromatic rings. The smallest absolute Gasteiger partial charge is 0.356 e. The van der Waals surface area contributed by atoms with Crippen LogP contribution < -0.4 is 0 Å². The average molecular weight is 273 g/mol. The average Bonchev–Trinajstić information content (AvgIpc) is 1.79. The molecule has 1 N–H and O–H groups in total. The highest BCUT2D eigenvalue weighted by Crippen LogP contribution is 2.49. The van der Waals surface area contributed by atoms with E-state index in [1.165, 1.54) is 0 Å². The Morgan fingerprint density at radius 2 is 1.64 bits per heavy atom. The van der Waals surface area contributed by atoms with Crippen LogP contribution in [0.25, 0.3) is 0 Å². The van der Waals surface area contributed by atoms with Crippen LogP contribution in [0.2, 0.25) is 0 Å². The van der Waals surface area contributed by atoms with Crippen molar-refractivity contribution in [3.63, 3.8) is 0 Å². The predicted octanol–water partition coefficient (Wildman–Crippen LogP) is 2.63. The van der Waals surface area contributed by atoms with Gasteiger partial charge in [0.05, 0.1) is 0 Å². The van der Waals surface area contributed by atoms with E-state index in [1.807, 2.05) is 0 Å². The Kier molecular flexibility index (Phi) is 4.12. The number of carbonyl (C=O) groups is 1. The fourth-order valence-corrected chi connectivity index (χ4v) is 1.39. The first-order chi connectivity index (χ1) is 5.92. The molecule has 1 atom stereocenters. The molecular formula is C6H6Cl3F3O2. The summed E-state index contributed by atoms with van der Waals surface area (Å²) in [5.74, 6) is -0.934. The number of halogens is 6. The first-order valence-electron chi connectivity index (χ1n) is 3.27. The molecule has 0 fully saturated rings. The molecule has 0 saturated heterocycles. The van der Waals surface area contributed by atoms with Crippen LogP contribution in [0.3, 0.4) is 0 Å². The molecule has 0 aromatic carbocycles. The molecule has 0 radical (unpaired) electrons. The molecule has 0 aromatic heterocycles. The third-order valence-electron chi connectivity index (χ3n) is 1.44. The number of carbonyl (C=O) groups excluding carboxylic acids is 1. The van der Waals surface area contributed by atoms with Crippen molar-refractivity contribution in [1.29, 1.82) is 0 Å². The van der Waals surface area contributed by atoms with Crippen molar-refractivity contribution in [1.82, 2.24) is 0 Å². The van der Waals surface area contributed by atoms with Gasteiger partial charge in [-0.3, -0.25) is 4.79 Å². The molecule has 0 aliphatic heterocycles. The Morgan fingerprint density at radius 3 is 1.71 bits per heavy atom. The van der Waals surface area contributed by atoms with Crippen LogP contribution in [-0.4, -0.2) is 26.5 Å². The van der Waals surface area contributed by atoms with E-state index in [2.05, 4.69) is 11.6 Å². The van der Waals surface area contributed by atoms with Gasteiger partial charge in [-0.2, -0.15) is 8.78 Å². The number of rotatable bonds is 4. The maximum Gasteiger partial charge on any atom is 0.356 e. The molecule has 14 heavy (non-hydrogen) atoms. The van der Waals surface area contributed by atoms with Gasteiger partial charge in [0.15, 0.2) is 0 Å². The Morgan fingerprint density at radius 1 is 1.29 bits per heavy atom. The van der Waals surface area contributed by atoms with E-state index in [0.29, 0.717) is 0 Å². The zero-order chi connectivity index (χ0) is 11.8. The Hall–Kier alpha value is 0.290. The highest BCUT2D eigenvalue weighted by Gasteiger charge is 2.65. The summed E-state index contributed by atoms with van der Waals surface area (Å²) in [6, 6.07) is 0. The second-order valence-electron chi connectivity index (χ2n) is 2.73. The number of aliphatic hydroxyl groups is 1. The standard InChI is InChI=1S/C6H6Cl3F3O2/c1-3(13)2-4(14,5(7,8)10)6(9,11)12/h14H,2H2,1H3/t4-/m0/s1. The molecule has 0 aliphatic carbocycles.